The SMILES string of the molecule is [Au+3].[CH3-].[NH2-].[NH2-]. The maximum atomic E-state index is 0. The molecule has 0 rings (SSSR count). The van der Waals surface area contributed by atoms with Crippen LogP contribution in [0.2, 0.25) is 0 Å². The third-order valence-corrected chi connectivity index (χ3v) is 0. The molecule has 0 spiro atoms. The van der Waals surface area contributed by atoms with Crippen LogP contribution in [0.3, 0.4) is 0 Å². The second-order valence-corrected chi connectivity index (χ2v) is 0. The number of rotatable bonds is 0. The summed E-state index contributed by atoms with van der Waals surface area (Å²) in [7, 11) is 0. The van der Waals surface area contributed by atoms with Crippen LogP contribution in [-0.2, 0) is 22.4 Å². The van der Waals surface area contributed by atoms with Crippen molar-refractivity contribution in [3.05, 3.63) is 19.7 Å². The first-order chi connectivity index (χ1) is 0. The van der Waals surface area contributed by atoms with E-state index < -0.39 is 0 Å². The van der Waals surface area contributed by atoms with Crippen molar-refractivity contribution >= 4 is 0 Å². The molecule has 0 aromatic rings. The number of hydrogen-bond acceptors (Lipinski definition) is 0. The van der Waals surface area contributed by atoms with E-state index >= 15 is 0 Å². The van der Waals surface area contributed by atoms with Gasteiger partial charge in [-0.1, -0.05) is 0 Å². The first kappa shape index (κ1) is 143. The molecule has 0 aliphatic heterocycles. The average molecular weight is 244 g/mol. The Labute approximate surface area is 42.6 Å². The molecule has 0 amide bonds. The predicted molar refractivity (Wildman–Crippen MR) is 17.0 cm³/mol. The maximum absolute atomic E-state index is 0. The zero-order chi connectivity index (χ0) is 0. The molecule has 0 atom stereocenters. The molecule has 0 heterocycles. The molecule has 0 saturated carbocycles. The third-order valence-electron chi connectivity index (χ3n) is 0. The van der Waals surface area contributed by atoms with Crippen LogP contribution in [0, 0.1) is 7.43 Å². The molecule has 32 valence electrons. The van der Waals surface area contributed by atoms with Crippen molar-refractivity contribution in [2.75, 3.05) is 0 Å². The quantitative estimate of drug-likeness (QED) is 0.461. The maximum Gasteiger partial charge on any atom is 3.00 e. The number of nitrogens with two attached hydrogens (primary N) is 2. The fourth-order valence-corrected chi connectivity index (χ4v) is 0. The fourth-order valence-electron chi connectivity index (χ4n) is 0. The van der Waals surface area contributed by atoms with Gasteiger partial charge in [0.2, 0.25) is 0 Å². The van der Waals surface area contributed by atoms with E-state index in [1.54, 1.807) is 0 Å². The molecular formula is CH7AuN2. The Kier molecular flexibility index (Phi) is 2130. The molecule has 2 nitrogen and oxygen atoms in total. The Bertz CT molecular complexity index is 6.00. The van der Waals surface area contributed by atoms with Gasteiger partial charge in [-0.3, -0.25) is 0 Å². The number of hydrogen-bond donors (Lipinski definition) is 0. The standard InChI is InChI=1S/CH3.Au.2H2N/h1H3;;2*1H2/q-1;+3;2*-1. The van der Waals surface area contributed by atoms with E-state index in [1.807, 2.05) is 0 Å². The van der Waals surface area contributed by atoms with Crippen molar-refractivity contribution in [1.82, 2.24) is 0 Å². The molecule has 0 aromatic carbocycles. The second kappa shape index (κ2) is 59.4. The largest absolute Gasteiger partial charge is 3.00 e. The van der Waals surface area contributed by atoms with Gasteiger partial charge in [-0.05, 0) is 0 Å². The van der Waals surface area contributed by atoms with Crippen LogP contribution >= 0.6 is 0 Å². The van der Waals surface area contributed by atoms with E-state index in [2.05, 4.69) is 0 Å². The van der Waals surface area contributed by atoms with Crippen molar-refractivity contribution in [3.63, 3.8) is 0 Å². The van der Waals surface area contributed by atoms with Crippen LogP contribution in [0.25, 0.3) is 12.3 Å². The Morgan fingerprint density at radius 1 is 0.750 bits per heavy atom. The summed E-state index contributed by atoms with van der Waals surface area (Å²) in [5, 5.41) is 0. The van der Waals surface area contributed by atoms with Crippen LogP contribution in [-0.4, -0.2) is 0 Å². The molecule has 3 heteroatoms. The van der Waals surface area contributed by atoms with Crippen molar-refractivity contribution < 1.29 is 22.4 Å². The molecule has 0 aromatic heterocycles. The molecule has 0 aliphatic carbocycles. The monoisotopic (exact) mass is 244 g/mol. The van der Waals surface area contributed by atoms with E-state index in [0.717, 1.165) is 0 Å². The summed E-state index contributed by atoms with van der Waals surface area (Å²) >= 11 is 0. The normalized spacial score (nSPS) is 0. The van der Waals surface area contributed by atoms with Gasteiger partial charge in [-0.25, -0.2) is 0 Å². The minimum atomic E-state index is 0. The predicted octanol–water partition coefficient (Wildman–Crippen LogP) is 1.88. The molecule has 0 aliphatic rings. The van der Waals surface area contributed by atoms with Crippen LogP contribution in [0.5, 0.6) is 0 Å². The topological polar surface area (TPSA) is 67.0 Å². The minimum Gasteiger partial charge on any atom is -0.693 e. The average Bonchev–Trinajstić information content (AvgIpc) is 0. The van der Waals surface area contributed by atoms with Crippen LogP contribution in [0.15, 0.2) is 0 Å². The van der Waals surface area contributed by atoms with Gasteiger partial charge in [-0.2, -0.15) is 0 Å². The molecule has 0 saturated heterocycles. The molecule has 0 radical (unpaired) electrons. The summed E-state index contributed by atoms with van der Waals surface area (Å²) in [5.41, 5.74) is 0. The summed E-state index contributed by atoms with van der Waals surface area (Å²) in [6, 6.07) is 0. The van der Waals surface area contributed by atoms with E-state index in [0.29, 0.717) is 0 Å². The fraction of sp³-hybridized carbons (Fsp3) is 0. The zero-order valence-electron chi connectivity index (χ0n) is 2.46. The summed E-state index contributed by atoms with van der Waals surface area (Å²) in [6.07, 6.45) is 0. The van der Waals surface area contributed by atoms with E-state index in [9.17, 15) is 0 Å². The molecular weight excluding hydrogens is 237 g/mol. The molecule has 0 bridgehead atoms. The van der Waals surface area contributed by atoms with Gasteiger partial charge in [0, 0.05) is 0 Å². The summed E-state index contributed by atoms with van der Waals surface area (Å²) in [6.45, 7) is 0. The van der Waals surface area contributed by atoms with E-state index in [4.69, 9.17) is 0 Å². The van der Waals surface area contributed by atoms with Crippen molar-refractivity contribution in [1.29, 1.82) is 0 Å². The van der Waals surface area contributed by atoms with Gasteiger partial charge >= 0.3 is 22.4 Å². The zero-order valence-corrected chi connectivity index (χ0v) is 4.62. The van der Waals surface area contributed by atoms with Crippen LogP contribution in [0.4, 0.5) is 0 Å². The van der Waals surface area contributed by atoms with Gasteiger partial charge in [0.15, 0.2) is 0 Å². The van der Waals surface area contributed by atoms with Gasteiger partial charge < -0.3 is 19.7 Å². The van der Waals surface area contributed by atoms with Gasteiger partial charge in [-0.15, -0.1) is 0 Å². The van der Waals surface area contributed by atoms with Crippen molar-refractivity contribution in [2.24, 2.45) is 0 Å². The first-order valence-electron chi connectivity index (χ1n) is 0. The Morgan fingerprint density at radius 3 is 0.750 bits per heavy atom. The summed E-state index contributed by atoms with van der Waals surface area (Å²) in [4.78, 5) is 0. The van der Waals surface area contributed by atoms with Crippen LogP contribution in [0.1, 0.15) is 0 Å². The van der Waals surface area contributed by atoms with Crippen molar-refractivity contribution in [3.8, 4) is 0 Å². The Hall–Kier alpha value is 0.660. The van der Waals surface area contributed by atoms with Gasteiger partial charge in [0.25, 0.3) is 0 Å². The molecule has 4 heavy (non-hydrogen) atoms. The Balaban J connectivity index is 0. The minimum absolute atomic E-state index is 0. The summed E-state index contributed by atoms with van der Waals surface area (Å²) < 4.78 is 0. The molecule has 0 unspecified atom stereocenters. The Morgan fingerprint density at radius 2 is 0.750 bits per heavy atom. The van der Waals surface area contributed by atoms with Gasteiger partial charge in [0.1, 0.15) is 0 Å². The van der Waals surface area contributed by atoms with Gasteiger partial charge in [0.05, 0.1) is 0 Å². The van der Waals surface area contributed by atoms with Crippen molar-refractivity contribution in [2.45, 2.75) is 0 Å². The summed E-state index contributed by atoms with van der Waals surface area (Å²) in [5.74, 6) is 0. The first-order valence-corrected chi connectivity index (χ1v) is 0. The van der Waals surface area contributed by atoms with Crippen LogP contribution < -0.4 is 0 Å². The van der Waals surface area contributed by atoms with E-state index in [1.165, 1.54) is 0 Å². The smallest absolute Gasteiger partial charge is 0.693 e. The van der Waals surface area contributed by atoms with E-state index in [-0.39, 0.29) is 42.1 Å². The molecule has 0 fully saturated rings. The third kappa shape index (κ3) is 16.8. The second-order valence-electron chi connectivity index (χ2n) is 0. The molecule has 4 N–H and O–H groups in total.